The SMILES string of the molecule is Cc1cc(C)c(C2=C(O)C3(CCOC(C)C3)NC2=O)c(C)c1. The normalized spacial score (nSPS) is 28.4. The van der Waals surface area contributed by atoms with Crippen molar-refractivity contribution in [2.75, 3.05) is 6.61 Å². The number of hydrogen-bond acceptors (Lipinski definition) is 3. The van der Waals surface area contributed by atoms with E-state index in [0.29, 0.717) is 25.0 Å². The molecule has 0 bridgehead atoms. The molecule has 1 aromatic rings. The Balaban J connectivity index is 2.14. The lowest BCUT2D eigenvalue weighted by molar-refractivity contribution is -0.117. The van der Waals surface area contributed by atoms with Crippen LogP contribution in [0.2, 0.25) is 0 Å². The Kier molecular flexibility index (Phi) is 3.52. The van der Waals surface area contributed by atoms with E-state index in [-0.39, 0.29) is 17.8 Å². The molecule has 1 aromatic carbocycles. The third kappa shape index (κ3) is 2.22. The molecule has 2 aliphatic rings. The highest BCUT2D eigenvalue weighted by Gasteiger charge is 2.48. The van der Waals surface area contributed by atoms with Crippen LogP contribution >= 0.6 is 0 Å². The summed E-state index contributed by atoms with van der Waals surface area (Å²) in [6.07, 6.45) is 1.25. The second kappa shape index (κ2) is 5.13. The summed E-state index contributed by atoms with van der Waals surface area (Å²) >= 11 is 0. The van der Waals surface area contributed by atoms with E-state index in [1.807, 2.05) is 39.8 Å². The average Bonchev–Trinajstić information content (AvgIpc) is 2.62. The first-order valence-corrected chi connectivity index (χ1v) is 7.80. The zero-order valence-corrected chi connectivity index (χ0v) is 13.6. The zero-order chi connectivity index (χ0) is 16.1. The maximum Gasteiger partial charge on any atom is 0.256 e. The Labute approximate surface area is 131 Å². The molecule has 2 heterocycles. The van der Waals surface area contributed by atoms with Crippen molar-refractivity contribution in [3.05, 3.63) is 40.1 Å². The highest BCUT2D eigenvalue weighted by molar-refractivity contribution is 6.24. The van der Waals surface area contributed by atoms with Gasteiger partial charge in [-0.05, 0) is 44.4 Å². The molecule has 0 aromatic heterocycles. The molecule has 22 heavy (non-hydrogen) atoms. The molecular weight excluding hydrogens is 278 g/mol. The van der Waals surface area contributed by atoms with Crippen LogP contribution in [0.25, 0.3) is 5.57 Å². The van der Waals surface area contributed by atoms with Gasteiger partial charge < -0.3 is 15.2 Å². The van der Waals surface area contributed by atoms with Crippen LogP contribution < -0.4 is 5.32 Å². The van der Waals surface area contributed by atoms with E-state index < -0.39 is 5.54 Å². The minimum atomic E-state index is -0.659. The Hall–Kier alpha value is -1.81. The molecule has 118 valence electrons. The molecule has 1 fully saturated rings. The lowest BCUT2D eigenvalue weighted by Gasteiger charge is -2.36. The molecule has 2 N–H and O–H groups in total. The monoisotopic (exact) mass is 301 g/mol. The van der Waals surface area contributed by atoms with E-state index in [0.717, 1.165) is 22.3 Å². The first-order chi connectivity index (χ1) is 10.3. The number of benzene rings is 1. The lowest BCUT2D eigenvalue weighted by atomic mass is 9.84. The molecule has 1 spiro atoms. The van der Waals surface area contributed by atoms with Crippen LogP contribution in [0.3, 0.4) is 0 Å². The number of carbonyl (C=O) groups excluding carboxylic acids is 1. The molecule has 4 nitrogen and oxygen atoms in total. The van der Waals surface area contributed by atoms with Crippen molar-refractivity contribution >= 4 is 11.5 Å². The van der Waals surface area contributed by atoms with Crippen molar-refractivity contribution in [1.82, 2.24) is 5.32 Å². The quantitative estimate of drug-likeness (QED) is 0.838. The molecular formula is C18H23NO3. The van der Waals surface area contributed by atoms with Gasteiger partial charge in [-0.25, -0.2) is 0 Å². The Morgan fingerprint density at radius 2 is 1.91 bits per heavy atom. The number of amides is 1. The molecule has 2 aliphatic heterocycles. The first kappa shape index (κ1) is 15.1. The van der Waals surface area contributed by atoms with Crippen LogP contribution in [0.1, 0.15) is 42.0 Å². The van der Waals surface area contributed by atoms with Crippen LogP contribution in [0, 0.1) is 20.8 Å². The maximum absolute atomic E-state index is 12.6. The van der Waals surface area contributed by atoms with Gasteiger partial charge in [-0.15, -0.1) is 0 Å². The van der Waals surface area contributed by atoms with Gasteiger partial charge in [-0.2, -0.15) is 0 Å². The van der Waals surface area contributed by atoms with Gasteiger partial charge in [0, 0.05) is 19.4 Å². The number of carbonyl (C=O) groups is 1. The van der Waals surface area contributed by atoms with Crippen LogP contribution in [0.4, 0.5) is 0 Å². The predicted octanol–water partition coefficient (Wildman–Crippen LogP) is 2.95. The number of hydrogen-bond donors (Lipinski definition) is 2. The van der Waals surface area contributed by atoms with Gasteiger partial charge in [-0.1, -0.05) is 17.7 Å². The fourth-order valence-corrected chi connectivity index (χ4v) is 3.91. The standard InChI is InChI=1S/C18H23NO3/c1-10-7-11(2)14(12(3)8-10)15-16(20)18(19-17(15)21)5-6-22-13(4)9-18/h7-8,13,20H,5-6,9H2,1-4H3,(H,19,21). The fraction of sp³-hybridized carbons (Fsp3) is 0.500. The predicted molar refractivity (Wildman–Crippen MR) is 85.7 cm³/mol. The van der Waals surface area contributed by atoms with E-state index >= 15 is 0 Å². The van der Waals surface area contributed by atoms with Crippen molar-refractivity contribution in [3.63, 3.8) is 0 Å². The lowest BCUT2D eigenvalue weighted by Crippen LogP contribution is -2.50. The van der Waals surface area contributed by atoms with Gasteiger partial charge in [0.25, 0.3) is 5.91 Å². The number of aryl methyl sites for hydroxylation is 3. The number of rotatable bonds is 1. The fourth-order valence-electron chi connectivity index (χ4n) is 3.91. The van der Waals surface area contributed by atoms with Crippen LogP contribution in [-0.4, -0.2) is 29.3 Å². The summed E-state index contributed by atoms with van der Waals surface area (Å²) in [6, 6.07) is 4.10. The molecule has 3 rings (SSSR count). The Bertz CT molecular complexity index is 654. The smallest absolute Gasteiger partial charge is 0.256 e. The minimum absolute atomic E-state index is 0.0239. The molecule has 2 unspecified atom stereocenters. The third-order valence-corrected chi connectivity index (χ3v) is 4.76. The van der Waals surface area contributed by atoms with Gasteiger partial charge in [0.05, 0.1) is 11.7 Å². The van der Waals surface area contributed by atoms with Gasteiger partial charge in [0.15, 0.2) is 0 Å². The van der Waals surface area contributed by atoms with E-state index in [4.69, 9.17) is 4.74 Å². The second-order valence-corrected chi connectivity index (χ2v) is 6.67. The highest BCUT2D eigenvalue weighted by Crippen LogP contribution is 2.41. The summed E-state index contributed by atoms with van der Waals surface area (Å²) in [5.41, 5.74) is 3.83. The van der Waals surface area contributed by atoms with Gasteiger partial charge in [0.1, 0.15) is 11.3 Å². The largest absolute Gasteiger partial charge is 0.509 e. The molecule has 0 aliphatic carbocycles. The molecule has 4 heteroatoms. The van der Waals surface area contributed by atoms with Gasteiger partial charge in [-0.3, -0.25) is 4.79 Å². The van der Waals surface area contributed by atoms with Crippen LogP contribution in [0.15, 0.2) is 17.9 Å². The van der Waals surface area contributed by atoms with Crippen molar-refractivity contribution in [1.29, 1.82) is 0 Å². The van der Waals surface area contributed by atoms with Crippen molar-refractivity contribution < 1.29 is 14.6 Å². The molecule has 0 radical (unpaired) electrons. The zero-order valence-electron chi connectivity index (χ0n) is 13.6. The van der Waals surface area contributed by atoms with Crippen LogP contribution in [-0.2, 0) is 9.53 Å². The van der Waals surface area contributed by atoms with E-state index in [2.05, 4.69) is 5.32 Å². The molecule has 0 saturated carbocycles. The Morgan fingerprint density at radius 3 is 2.50 bits per heavy atom. The van der Waals surface area contributed by atoms with Crippen molar-refractivity contribution in [2.24, 2.45) is 0 Å². The number of aliphatic hydroxyl groups excluding tert-OH is 1. The molecule has 1 amide bonds. The van der Waals surface area contributed by atoms with E-state index in [1.54, 1.807) is 0 Å². The van der Waals surface area contributed by atoms with Crippen molar-refractivity contribution in [2.45, 2.75) is 52.2 Å². The second-order valence-electron chi connectivity index (χ2n) is 6.67. The topological polar surface area (TPSA) is 58.6 Å². The van der Waals surface area contributed by atoms with Gasteiger partial charge >= 0.3 is 0 Å². The first-order valence-electron chi connectivity index (χ1n) is 7.80. The number of nitrogens with one attached hydrogen (secondary N) is 1. The number of ether oxygens (including phenoxy) is 1. The van der Waals surface area contributed by atoms with E-state index in [1.165, 1.54) is 0 Å². The summed E-state index contributed by atoms with van der Waals surface area (Å²) in [6.45, 7) is 8.53. The van der Waals surface area contributed by atoms with Crippen LogP contribution in [0.5, 0.6) is 0 Å². The summed E-state index contributed by atoms with van der Waals surface area (Å²) in [5.74, 6) is 0.00403. The van der Waals surface area contributed by atoms with Gasteiger partial charge in [0.2, 0.25) is 0 Å². The highest BCUT2D eigenvalue weighted by atomic mass is 16.5. The van der Waals surface area contributed by atoms with Crippen molar-refractivity contribution in [3.8, 4) is 0 Å². The summed E-state index contributed by atoms with van der Waals surface area (Å²) in [4.78, 5) is 12.6. The maximum atomic E-state index is 12.6. The summed E-state index contributed by atoms with van der Waals surface area (Å²) in [7, 11) is 0. The third-order valence-electron chi connectivity index (χ3n) is 4.76. The van der Waals surface area contributed by atoms with E-state index in [9.17, 15) is 9.90 Å². The minimum Gasteiger partial charge on any atom is -0.509 e. The molecule has 2 atom stereocenters. The molecule has 1 saturated heterocycles. The Morgan fingerprint density at radius 1 is 1.27 bits per heavy atom. The average molecular weight is 301 g/mol. The summed E-state index contributed by atoms with van der Waals surface area (Å²) < 4.78 is 5.57. The number of aliphatic hydroxyl groups is 1. The summed E-state index contributed by atoms with van der Waals surface area (Å²) in [5, 5.41) is 13.9.